The molecule has 1 aromatic rings. The highest BCUT2D eigenvalue weighted by Crippen LogP contribution is 2.65. The Morgan fingerprint density at radius 1 is 1.00 bits per heavy atom. The molecule has 0 unspecified atom stereocenters. The van der Waals surface area contributed by atoms with Gasteiger partial charge in [-0.3, -0.25) is 9.59 Å². The van der Waals surface area contributed by atoms with Gasteiger partial charge in [0.2, 0.25) is 5.91 Å². The molecular weight excluding hydrogens is 384 g/mol. The fourth-order valence-electron chi connectivity index (χ4n) is 7.89. The summed E-state index contributed by atoms with van der Waals surface area (Å²) < 4.78 is 0. The van der Waals surface area contributed by atoms with Gasteiger partial charge in [-0.05, 0) is 92.0 Å². The molecule has 3 fully saturated rings. The summed E-state index contributed by atoms with van der Waals surface area (Å²) >= 11 is 0. The van der Waals surface area contributed by atoms with E-state index in [-0.39, 0.29) is 28.7 Å². The van der Waals surface area contributed by atoms with Gasteiger partial charge in [0.25, 0.3) is 0 Å². The van der Waals surface area contributed by atoms with Crippen LogP contribution in [0.15, 0.2) is 36.4 Å². The zero-order valence-electron chi connectivity index (χ0n) is 19.4. The number of carbonyl (C=O) groups excluding carboxylic acids is 2. The van der Waals surface area contributed by atoms with Crippen LogP contribution in [0.25, 0.3) is 0 Å². The highest BCUT2D eigenvalue weighted by Gasteiger charge is 2.60. The van der Waals surface area contributed by atoms with Crippen LogP contribution in [0, 0.1) is 34.5 Å². The molecule has 1 aliphatic heterocycles. The van der Waals surface area contributed by atoms with Crippen LogP contribution in [-0.4, -0.2) is 31.8 Å². The summed E-state index contributed by atoms with van der Waals surface area (Å²) in [5.41, 5.74) is 2.16. The minimum Gasteiger partial charge on any atom is -0.378 e. The van der Waals surface area contributed by atoms with E-state index in [2.05, 4.69) is 42.3 Å². The van der Waals surface area contributed by atoms with E-state index in [1.54, 1.807) is 6.08 Å². The molecule has 31 heavy (non-hydrogen) atoms. The Morgan fingerprint density at radius 3 is 2.45 bits per heavy atom. The molecule has 7 atom stereocenters. The van der Waals surface area contributed by atoms with E-state index in [9.17, 15) is 9.59 Å². The molecule has 1 amide bonds. The third-order valence-electron chi connectivity index (χ3n) is 9.67. The Balaban J connectivity index is 1.39. The van der Waals surface area contributed by atoms with Crippen LogP contribution < -0.4 is 10.2 Å². The average molecular weight is 421 g/mol. The van der Waals surface area contributed by atoms with Gasteiger partial charge in [-0.2, -0.15) is 0 Å². The molecule has 3 aliphatic carbocycles. The Bertz CT molecular complexity index is 920. The third-order valence-corrected chi connectivity index (χ3v) is 9.67. The minimum atomic E-state index is 0.0578. The van der Waals surface area contributed by atoms with Gasteiger partial charge >= 0.3 is 0 Å². The lowest BCUT2D eigenvalue weighted by Gasteiger charge is -2.58. The van der Waals surface area contributed by atoms with Crippen molar-refractivity contribution < 1.29 is 9.59 Å². The molecule has 4 aliphatic rings. The van der Waals surface area contributed by atoms with Gasteiger partial charge in [0.1, 0.15) is 0 Å². The highest BCUT2D eigenvalue weighted by atomic mass is 16.1. The molecule has 1 aromatic carbocycles. The lowest BCUT2D eigenvalue weighted by molar-refractivity contribution is -0.122. The van der Waals surface area contributed by atoms with Crippen LogP contribution in [0.2, 0.25) is 0 Å². The van der Waals surface area contributed by atoms with Crippen molar-refractivity contribution in [2.45, 2.75) is 58.4 Å². The van der Waals surface area contributed by atoms with Crippen LogP contribution in [0.1, 0.15) is 62.7 Å². The van der Waals surface area contributed by atoms with Crippen molar-refractivity contribution in [3.8, 4) is 0 Å². The third kappa shape index (κ3) is 3.08. The second kappa shape index (κ2) is 7.21. The number of amides is 1. The Kier molecular flexibility index (Phi) is 4.84. The maximum Gasteiger partial charge on any atom is 0.243 e. The summed E-state index contributed by atoms with van der Waals surface area (Å²) in [6.07, 6.45) is 10.7. The normalized spacial score (nSPS) is 41.0. The fraction of sp³-hybridized carbons (Fsp3) is 0.630. The number of hydrogen-bond donors (Lipinski definition) is 1. The number of nitrogens with zero attached hydrogens (tertiary/aromatic N) is 1. The van der Waals surface area contributed by atoms with Crippen LogP contribution in [0.5, 0.6) is 0 Å². The van der Waals surface area contributed by atoms with Gasteiger partial charge in [-0.25, -0.2) is 0 Å². The number of nitrogens with one attached hydrogen (secondary N) is 1. The minimum absolute atomic E-state index is 0.0578. The first-order chi connectivity index (χ1) is 14.7. The van der Waals surface area contributed by atoms with E-state index in [0.29, 0.717) is 23.5 Å². The number of hydrogen-bond acceptors (Lipinski definition) is 3. The maximum absolute atomic E-state index is 13.6. The zero-order valence-corrected chi connectivity index (χ0v) is 19.4. The predicted octanol–water partition coefficient (Wildman–Crippen LogP) is 4.85. The van der Waals surface area contributed by atoms with Gasteiger partial charge in [0.15, 0.2) is 5.78 Å². The van der Waals surface area contributed by atoms with E-state index in [1.807, 2.05) is 26.2 Å². The van der Waals surface area contributed by atoms with Crippen molar-refractivity contribution in [3.05, 3.63) is 42.0 Å². The van der Waals surface area contributed by atoms with E-state index in [0.717, 1.165) is 36.9 Å². The standard InChI is InChI=1S/C27H36N2O2/c1-26-15-13-21-19(9-12-23-27(21,2)16-14-24(30)28-23)20(26)10-11-22(26)25(31)17-5-7-18(8-6-17)29(3)4/h5-8,14,16,19-23H,9-13,15H2,1-4H3,(H,28,30)/t19-,20-,21-,22+,23+,26-,27+/m0/s1. The molecule has 3 saturated carbocycles. The summed E-state index contributed by atoms with van der Waals surface area (Å²) in [6.45, 7) is 4.77. The first kappa shape index (κ1) is 20.8. The lowest BCUT2D eigenvalue weighted by Crippen LogP contribution is -2.59. The lowest BCUT2D eigenvalue weighted by atomic mass is 9.47. The van der Waals surface area contributed by atoms with Crippen molar-refractivity contribution in [1.29, 1.82) is 0 Å². The Hall–Kier alpha value is -2.10. The number of ketones is 1. The molecule has 5 rings (SSSR count). The molecule has 4 nitrogen and oxygen atoms in total. The number of rotatable bonds is 3. The SMILES string of the molecule is CN(C)c1ccc(C(=O)[C@H]2CC[C@H]3[C@@H]4CC[C@H]5NC(=O)C=C[C@]5(C)[C@H]4CC[C@]23C)cc1. The molecule has 0 aromatic heterocycles. The molecular formula is C27H36N2O2. The van der Waals surface area contributed by atoms with Gasteiger partial charge in [0, 0.05) is 42.7 Å². The molecule has 0 bridgehead atoms. The van der Waals surface area contributed by atoms with Gasteiger partial charge in [-0.1, -0.05) is 19.9 Å². The quantitative estimate of drug-likeness (QED) is 0.711. The first-order valence-corrected chi connectivity index (χ1v) is 12.1. The highest BCUT2D eigenvalue weighted by molar-refractivity contribution is 5.99. The number of benzene rings is 1. The number of anilines is 1. The maximum atomic E-state index is 13.6. The van der Waals surface area contributed by atoms with Crippen LogP contribution in [-0.2, 0) is 4.79 Å². The molecule has 4 heteroatoms. The first-order valence-electron chi connectivity index (χ1n) is 12.1. The van der Waals surface area contributed by atoms with Gasteiger partial charge in [-0.15, -0.1) is 0 Å². The van der Waals surface area contributed by atoms with Crippen molar-refractivity contribution >= 4 is 17.4 Å². The summed E-state index contributed by atoms with van der Waals surface area (Å²) in [6, 6.07) is 8.42. The van der Waals surface area contributed by atoms with Crippen LogP contribution in [0.3, 0.4) is 0 Å². The topological polar surface area (TPSA) is 49.4 Å². The smallest absolute Gasteiger partial charge is 0.243 e. The van der Waals surface area contributed by atoms with E-state index >= 15 is 0 Å². The van der Waals surface area contributed by atoms with Crippen LogP contribution in [0.4, 0.5) is 5.69 Å². The molecule has 0 radical (unpaired) electrons. The predicted molar refractivity (Wildman–Crippen MR) is 124 cm³/mol. The summed E-state index contributed by atoms with van der Waals surface area (Å²) in [7, 11) is 4.06. The van der Waals surface area contributed by atoms with Crippen LogP contribution >= 0.6 is 0 Å². The molecule has 1 heterocycles. The van der Waals surface area contributed by atoms with Gasteiger partial charge < -0.3 is 10.2 Å². The number of fused-ring (bicyclic) bond motifs is 5. The average Bonchev–Trinajstić information content (AvgIpc) is 3.11. The van der Waals surface area contributed by atoms with E-state index < -0.39 is 0 Å². The largest absolute Gasteiger partial charge is 0.378 e. The second-order valence-electron chi connectivity index (χ2n) is 11.2. The number of Topliss-reactive ketones (excluding diaryl/α,β-unsaturated/α-hetero) is 1. The molecule has 0 saturated heterocycles. The summed E-state index contributed by atoms with van der Waals surface area (Å²) in [5, 5.41) is 3.24. The summed E-state index contributed by atoms with van der Waals surface area (Å²) in [5.74, 6) is 2.43. The Morgan fingerprint density at radius 2 is 1.74 bits per heavy atom. The van der Waals surface area contributed by atoms with E-state index in [4.69, 9.17) is 0 Å². The summed E-state index contributed by atoms with van der Waals surface area (Å²) in [4.78, 5) is 27.6. The van der Waals surface area contributed by atoms with Crippen molar-refractivity contribution in [3.63, 3.8) is 0 Å². The van der Waals surface area contributed by atoms with Crippen molar-refractivity contribution in [2.75, 3.05) is 19.0 Å². The van der Waals surface area contributed by atoms with Crippen molar-refractivity contribution in [1.82, 2.24) is 5.32 Å². The molecule has 0 spiro atoms. The monoisotopic (exact) mass is 420 g/mol. The fourth-order valence-corrected chi connectivity index (χ4v) is 7.89. The zero-order chi connectivity index (χ0) is 22.0. The Labute approximate surface area is 186 Å². The second-order valence-corrected chi connectivity index (χ2v) is 11.2. The van der Waals surface area contributed by atoms with E-state index in [1.165, 1.54) is 12.8 Å². The van der Waals surface area contributed by atoms with Gasteiger partial charge in [0.05, 0.1) is 0 Å². The molecule has 1 N–H and O–H groups in total. The van der Waals surface area contributed by atoms with Crippen molar-refractivity contribution in [2.24, 2.45) is 34.5 Å². The molecule has 166 valence electrons. The number of carbonyl (C=O) groups is 2.